The average molecular weight is 269 g/mol. The summed E-state index contributed by atoms with van der Waals surface area (Å²) >= 11 is 6.35. The molecule has 19 heavy (non-hydrogen) atoms. The molecule has 0 aromatic heterocycles. The number of ether oxygens (including phenoxy) is 1. The first-order valence-electron chi connectivity index (χ1n) is 6.10. The van der Waals surface area contributed by atoms with Gasteiger partial charge in [0.1, 0.15) is 5.75 Å². The Bertz CT molecular complexity index is 717. The van der Waals surface area contributed by atoms with E-state index in [-0.39, 0.29) is 0 Å². The molecule has 0 fully saturated rings. The molecule has 0 aliphatic rings. The number of methoxy groups -OCH3 is 1. The first kappa shape index (κ1) is 12.1. The molecule has 0 heterocycles. The number of hydrogen-bond acceptors (Lipinski definition) is 1. The van der Waals surface area contributed by atoms with Crippen LogP contribution in [-0.4, -0.2) is 7.11 Å². The highest BCUT2D eigenvalue weighted by molar-refractivity contribution is 6.35. The van der Waals surface area contributed by atoms with Crippen molar-refractivity contribution in [2.24, 2.45) is 0 Å². The topological polar surface area (TPSA) is 9.23 Å². The van der Waals surface area contributed by atoms with Crippen molar-refractivity contribution in [3.05, 3.63) is 65.7 Å². The summed E-state index contributed by atoms with van der Waals surface area (Å²) in [4.78, 5) is 0. The second-order valence-electron chi connectivity index (χ2n) is 4.41. The molecular weight excluding hydrogens is 256 g/mol. The third-order valence-corrected chi connectivity index (χ3v) is 3.55. The lowest BCUT2D eigenvalue weighted by molar-refractivity contribution is 0.415. The second kappa shape index (κ2) is 4.94. The largest absolute Gasteiger partial charge is 0.497 e. The molecule has 0 atom stereocenters. The molecule has 0 aliphatic carbocycles. The van der Waals surface area contributed by atoms with E-state index in [2.05, 4.69) is 12.1 Å². The van der Waals surface area contributed by atoms with E-state index in [0.717, 1.165) is 32.7 Å². The molecule has 3 aromatic carbocycles. The minimum absolute atomic E-state index is 0.781. The van der Waals surface area contributed by atoms with Gasteiger partial charge in [-0.2, -0.15) is 0 Å². The molecule has 1 nitrogen and oxygen atoms in total. The molecule has 0 saturated carbocycles. The van der Waals surface area contributed by atoms with Crippen molar-refractivity contribution >= 4 is 22.4 Å². The molecule has 0 radical (unpaired) electrons. The summed E-state index contributed by atoms with van der Waals surface area (Å²) in [5.74, 6) is 0.857. The van der Waals surface area contributed by atoms with Crippen LogP contribution in [0.15, 0.2) is 60.7 Å². The summed E-state index contributed by atoms with van der Waals surface area (Å²) in [5.41, 5.74) is 2.25. The molecule has 0 amide bonds. The van der Waals surface area contributed by atoms with Gasteiger partial charge in [-0.1, -0.05) is 48.0 Å². The first-order chi connectivity index (χ1) is 9.28. The van der Waals surface area contributed by atoms with E-state index in [0.29, 0.717) is 0 Å². The molecule has 0 N–H and O–H groups in total. The minimum atomic E-state index is 0.781. The van der Waals surface area contributed by atoms with E-state index in [4.69, 9.17) is 16.3 Å². The fraction of sp³-hybridized carbons (Fsp3) is 0.0588. The van der Waals surface area contributed by atoms with Gasteiger partial charge in [0.25, 0.3) is 0 Å². The maximum absolute atomic E-state index is 6.35. The molecule has 0 aliphatic heterocycles. The van der Waals surface area contributed by atoms with Gasteiger partial charge < -0.3 is 4.74 Å². The summed E-state index contributed by atoms with van der Waals surface area (Å²) in [5, 5.41) is 3.02. The van der Waals surface area contributed by atoms with Crippen molar-refractivity contribution in [2.75, 3.05) is 7.11 Å². The van der Waals surface area contributed by atoms with Crippen molar-refractivity contribution in [1.29, 1.82) is 0 Å². The predicted molar refractivity (Wildman–Crippen MR) is 80.9 cm³/mol. The van der Waals surface area contributed by atoms with E-state index in [9.17, 15) is 0 Å². The fourth-order valence-electron chi connectivity index (χ4n) is 2.21. The summed E-state index contributed by atoms with van der Waals surface area (Å²) in [6.45, 7) is 0. The first-order valence-corrected chi connectivity index (χ1v) is 6.48. The van der Waals surface area contributed by atoms with Gasteiger partial charge in [0.15, 0.2) is 0 Å². The zero-order valence-corrected chi connectivity index (χ0v) is 11.3. The summed E-state index contributed by atoms with van der Waals surface area (Å²) in [6.07, 6.45) is 0. The zero-order valence-electron chi connectivity index (χ0n) is 10.6. The van der Waals surface area contributed by atoms with Crippen molar-refractivity contribution in [3.63, 3.8) is 0 Å². The molecule has 0 spiro atoms. The smallest absolute Gasteiger partial charge is 0.118 e. The highest BCUT2D eigenvalue weighted by atomic mass is 35.5. The Kier molecular flexibility index (Phi) is 3.14. The SMILES string of the molecule is COc1ccc(-c2cc(Cl)c3ccccc3c2)cc1. The van der Waals surface area contributed by atoms with Gasteiger partial charge in [0.05, 0.1) is 7.11 Å². The third kappa shape index (κ3) is 2.29. The minimum Gasteiger partial charge on any atom is -0.497 e. The molecule has 94 valence electrons. The van der Waals surface area contributed by atoms with E-state index in [1.165, 1.54) is 0 Å². The van der Waals surface area contributed by atoms with Gasteiger partial charge in [0, 0.05) is 10.4 Å². The highest BCUT2D eigenvalue weighted by Crippen LogP contribution is 2.31. The number of rotatable bonds is 2. The van der Waals surface area contributed by atoms with Crippen LogP contribution in [-0.2, 0) is 0 Å². The Labute approximate surface area is 117 Å². The number of halogens is 1. The van der Waals surface area contributed by atoms with Crippen LogP contribution in [0.2, 0.25) is 5.02 Å². The molecular formula is C17H13ClO. The van der Waals surface area contributed by atoms with Crippen molar-refractivity contribution < 1.29 is 4.74 Å². The Hall–Kier alpha value is -1.99. The maximum Gasteiger partial charge on any atom is 0.118 e. The van der Waals surface area contributed by atoms with Crippen LogP contribution in [0.5, 0.6) is 5.75 Å². The number of fused-ring (bicyclic) bond motifs is 1. The normalized spacial score (nSPS) is 10.6. The zero-order chi connectivity index (χ0) is 13.2. The second-order valence-corrected chi connectivity index (χ2v) is 4.81. The molecule has 0 bridgehead atoms. The predicted octanol–water partition coefficient (Wildman–Crippen LogP) is 5.17. The Morgan fingerprint density at radius 3 is 2.32 bits per heavy atom. The van der Waals surface area contributed by atoms with Crippen LogP contribution >= 0.6 is 11.6 Å². The van der Waals surface area contributed by atoms with Crippen LogP contribution in [0.4, 0.5) is 0 Å². The van der Waals surface area contributed by atoms with E-state index in [1.54, 1.807) is 7.11 Å². The number of hydrogen-bond donors (Lipinski definition) is 0. The van der Waals surface area contributed by atoms with Gasteiger partial charge in [0.2, 0.25) is 0 Å². The lowest BCUT2D eigenvalue weighted by Gasteiger charge is -2.07. The summed E-state index contributed by atoms with van der Waals surface area (Å²) < 4.78 is 5.17. The molecule has 0 unspecified atom stereocenters. The van der Waals surface area contributed by atoms with Gasteiger partial charge in [-0.05, 0) is 40.8 Å². The highest BCUT2D eigenvalue weighted by Gasteiger charge is 2.04. The van der Waals surface area contributed by atoms with Gasteiger partial charge in [-0.3, -0.25) is 0 Å². The fourth-order valence-corrected chi connectivity index (χ4v) is 2.50. The summed E-state index contributed by atoms with van der Waals surface area (Å²) in [7, 11) is 1.67. The van der Waals surface area contributed by atoms with Gasteiger partial charge in [-0.25, -0.2) is 0 Å². The maximum atomic E-state index is 6.35. The number of benzene rings is 3. The summed E-state index contributed by atoms with van der Waals surface area (Å²) in [6, 6.07) is 20.3. The van der Waals surface area contributed by atoms with E-state index < -0.39 is 0 Å². The third-order valence-electron chi connectivity index (χ3n) is 3.23. The molecule has 2 heteroatoms. The van der Waals surface area contributed by atoms with Crippen LogP contribution in [0.25, 0.3) is 21.9 Å². The molecule has 3 rings (SSSR count). The van der Waals surface area contributed by atoms with Crippen LogP contribution in [0.1, 0.15) is 0 Å². The molecule has 3 aromatic rings. The standard InChI is InChI=1S/C17H13ClO/c1-19-15-8-6-12(7-9-15)14-10-13-4-2-3-5-16(13)17(18)11-14/h2-11H,1H3. The van der Waals surface area contributed by atoms with Crippen LogP contribution in [0, 0.1) is 0 Å². The lowest BCUT2D eigenvalue weighted by atomic mass is 10.0. The van der Waals surface area contributed by atoms with Crippen molar-refractivity contribution in [3.8, 4) is 16.9 Å². The van der Waals surface area contributed by atoms with Crippen molar-refractivity contribution in [2.45, 2.75) is 0 Å². The monoisotopic (exact) mass is 268 g/mol. The Balaban J connectivity index is 2.14. The van der Waals surface area contributed by atoms with E-state index in [1.807, 2.05) is 48.5 Å². The quantitative estimate of drug-likeness (QED) is 0.623. The average Bonchev–Trinajstić information content (AvgIpc) is 2.47. The van der Waals surface area contributed by atoms with Crippen LogP contribution in [0.3, 0.4) is 0 Å². The van der Waals surface area contributed by atoms with Crippen molar-refractivity contribution in [1.82, 2.24) is 0 Å². The van der Waals surface area contributed by atoms with E-state index >= 15 is 0 Å². The molecule has 0 saturated heterocycles. The lowest BCUT2D eigenvalue weighted by Crippen LogP contribution is -1.83. The van der Waals surface area contributed by atoms with Crippen LogP contribution < -0.4 is 4.74 Å². The van der Waals surface area contributed by atoms with Gasteiger partial charge >= 0.3 is 0 Å². The Morgan fingerprint density at radius 2 is 1.58 bits per heavy atom. The van der Waals surface area contributed by atoms with Gasteiger partial charge in [-0.15, -0.1) is 0 Å². The Morgan fingerprint density at radius 1 is 0.842 bits per heavy atom.